The Labute approximate surface area is 178 Å². The van der Waals surface area contributed by atoms with Crippen LogP contribution in [-0.2, 0) is 16.6 Å². The van der Waals surface area contributed by atoms with E-state index in [1.165, 1.54) is 28.2 Å². The highest BCUT2D eigenvalue weighted by Gasteiger charge is 2.30. The normalized spacial score (nSPS) is 12.1. The summed E-state index contributed by atoms with van der Waals surface area (Å²) in [5.41, 5.74) is 0.890. The minimum absolute atomic E-state index is 0.0248. The molecule has 0 aliphatic heterocycles. The number of nitrogens with zero attached hydrogens (tertiary/aromatic N) is 1. The van der Waals surface area contributed by atoms with Crippen molar-refractivity contribution in [1.82, 2.24) is 15.0 Å². The summed E-state index contributed by atoms with van der Waals surface area (Å²) < 4.78 is 62.4. The Morgan fingerprint density at radius 1 is 1.20 bits per heavy atom. The predicted octanol–water partition coefficient (Wildman–Crippen LogP) is 3.95. The number of nitrogens with one attached hydrogen (secondary N) is 2. The van der Waals surface area contributed by atoms with Crippen molar-refractivity contribution in [3.8, 4) is 10.6 Å². The third-order valence-electron chi connectivity index (χ3n) is 3.83. The lowest BCUT2D eigenvalue weighted by Crippen LogP contribution is -2.34. The molecule has 2 N–H and O–H groups in total. The van der Waals surface area contributed by atoms with Crippen LogP contribution in [0, 0.1) is 6.92 Å². The number of hydrogen-bond donors (Lipinski definition) is 2. The Hall–Kier alpha value is -2.28. The second-order valence-electron chi connectivity index (χ2n) is 6.17. The van der Waals surface area contributed by atoms with Crippen LogP contribution in [0.5, 0.6) is 0 Å². The molecule has 2 heterocycles. The number of carbonyl (C=O) groups is 1. The van der Waals surface area contributed by atoms with Gasteiger partial charge in [0.25, 0.3) is 5.91 Å². The van der Waals surface area contributed by atoms with Crippen LogP contribution in [0.3, 0.4) is 0 Å². The highest BCUT2D eigenvalue weighted by molar-refractivity contribution is 7.89. The average Bonchev–Trinajstić information content (AvgIpc) is 3.33. The molecule has 0 saturated carbocycles. The van der Waals surface area contributed by atoms with Gasteiger partial charge < -0.3 is 5.32 Å². The first-order chi connectivity index (χ1) is 14.0. The molecule has 0 unspecified atom stereocenters. The fourth-order valence-corrected chi connectivity index (χ4v) is 5.08. The number of thiophene rings is 1. The average molecular weight is 476 g/mol. The van der Waals surface area contributed by atoms with Gasteiger partial charge >= 0.3 is 6.18 Å². The first-order valence-electron chi connectivity index (χ1n) is 8.49. The fraction of sp³-hybridized carbons (Fsp3) is 0.222. The number of aromatic nitrogens is 1. The minimum atomic E-state index is -4.68. The van der Waals surface area contributed by atoms with Gasteiger partial charge in [-0.2, -0.15) is 13.2 Å². The molecule has 0 aliphatic carbocycles. The number of alkyl halides is 3. The second kappa shape index (κ2) is 8.84. The molecule has 2 aromatic heterocycles. The van der Waals surface area contributed by atoms with Gasteiger partial charge in [0.2, 0.25) is 10.0 Å². The Morgan fingerprint density at radius 2 is 1.97 bits per heavy atom. The maximum Gasteiger partial charge on any atom is 0.402 e. The van der Waals surface area contributed by atoms with Gasteiger partial charge in [0.15, 0.2) is 0 Å². The Bertz CT molecular complexity index is 1150. The molecule has 0 saturated heterocycles. The number of hydrogen-bond acceptors (Lipinski definition) is 6. The number of benzene rings is 1. The molecule has 3 aromatic rings. The van der Waals surface area contributed by atoms with E-state index in [0.717, 1.165) is 32.6 Å². The first kappa shape index (κ1) is 22.4. The highest BCUT2D eigenvalue weighted by Crippen LogP contribution is 2.29. The van der Waals surface area contributed by atoms with Gasteiger partial charge in [-0.05, 0) is 37.3 Å². The first-order valence-corrected chi connectivity index (χ1v) is 11.7. The molecule has 0 aliphatic rings. The van der Waals surface area contributed by atoms with Crippen LogP contribution < -0.4 is 10.0 Å². The standard InChI is InChI=1S/C18H16F3N3O3S3/c1-11-24-15(9-28-11)16-6-5-13(29-16)8-22-17(25)12-3-2-4-14(7-12)30(26,27)23-10-18(19,20)21/h2-7,9,23H,8,10H2,1H3,(H,22,25). The molecule has 0 spiro atoms. The highest BCUT2D eigenvalue weighted by atomic mass is 32.2. The molecule has 0 atom stereocenters. The van der Waals surface area contributed by atoms with Gasteiger partial charge in [0.05, 0.1) is 27.0 Å². The summed E-state index contributed by atoms with van der Waals surface area (Å²) in [6.45, 7) is 0.441. The Balaban J connectivity index is 1.65. The lowest BCUT2D eigenvalue weighted by atomic mass is 10.2. The summed E-state index contributed by atoms with van der Waals surface area (Å²) in [6, 6.07) is 8.60. The summed E-state index contributed by atoms with van der Waals surface area (Å²) in [7, 11) is -4.40. The molecular weight excluding hydrogens is 459 g/mol. The Morgan fingerprint density at radius 3 is 2.63 bits per heavy atom. The Kier molecular flexibility index (Phi) is 6.60. The fourth-order valence-electron chi connectivity index (χ4n) is 2.42. The molecule has 160 valence electrons. The third-order valence-corrected chi connectivity index (χ3v) is 7.11. The van der Waals surface area contributed by atoms with Crippen LogP contribution in [0.2, 0.25) is 0 Å². The zero-order valence-corrected chi connectivity index (χ0v) is 17.9. The minimum Gasteiger partial charge on any atom is -0.347 e. The summed E-state index contributed by atoms with van der Waals surface area (Å²) in [5, 5.41) is 5.58. The maximum atomic E-state index is 12.4. The molecule has 12 heteroatoms. The summed E-state index contributed by atoms with van der Waals surface area (Å²) in [4.78, 5) is 18.2. The van der Waals surface area contributed by atoms with Crippen LogP contribution in [0.25, 0.3) is 10.6 Å². The third kappa shape index (κ3) is 5.88. The summed E-state index contributed by atoms with van der Waals surface area (Å²) >= 11 is 3.01. The summed E-state index contributed by atoms with van der Waals surface area (Å²) in [5.74, 6) is -0.540. The van der Waals surface area contributed by atoms with E-state index in [2.05, 4.69) is 10.3 Å². The van der Waals surface area contributed by atoms with E-state index in [9.17, 15) is 26.4 Å². The van der Waals surface area contributed by atoms with Crippen molar-refractivity contribution in [3.05, 3.63) is 57.2 Å². The number of amides is 1. The van der Waals surface area contributed by atoms with Gasteiger partial charge in [-0.1, -0.05) is 6.07 Å². The van der Waals surface area contributed by atoms with E-state index in [0.29, 0.717) is 0 Å². The monoisotopic (exact) mass is 475 g/mol. The van der Waals surface area contributed by atoms with E-state index < -0.39 is 33.5 Å². The number of halogens is 3. The number of sulfonamides is 1. The van der Waals surface area contributed by atoms with Crippen molar-refractivity contribution in [3.63, 3.8) is 0 Å². The van der Waals surface area contributed by atoms with Crippen molar-refractivity contribution in [2.45, 2.75) is 24.5 Å². The number of carbonyl (C=O) groups excluding carboxylic acids is 1. The van der Waals surface area contributed by atoms with Crippen LogP contribution in [-0.4, -0.2) is 32.0 Å². The largest absolute Gasteiger partial charge is 0.402 e. The zero-order valence-electron chi connectivity index (χ0n) is 15.5. The van der Waals surface area contributed by atoms with Crippen LogP contribution >= 0.6 is 22.7 Å². The SMILES string of the molecule is Cc1nc(-c2ccc(CNC(=O)c3cccc(S(=O)(=O)NCC(F)(F)F)c3)s2)cs1. The molecule has 0 bridgehead atoms. The van der Waals surface area contributed by atoms with E-state index in [-0.39, 0.29) is 12.1 Å². The molecular formula is C18H16F3N3O3S3. The van der Waals surface area contributed by atoms with Crippen LogP contribution in [0.1, 0.15) is 20.2 Å². The number of rotatable bonds is 7. The van der Waals surface area contributed by atoms with Crippen molar-refractivity contribution in [1.29, 1.82) is 0 Å². The number of thiazole rings is 1. The number of aryl methyl sites for hydroxylation is 1. The van der Waals surface area contributed by atoms with Gasteiger partial charge in [0.1, 0.15) is 6.54 Å². The van der Waals surface area contributed by atoms with Crippen molar-refractivity contribution in [2.75, 3.05) is 6.54 Å². The van der Waals surface area contributed by atoms with Gasteiger partial charge in [-0.25, -0.2) is 18.1 Å². The van der Waals surface area contributed by atoms with Crippen LogP contribution in [0.4, 0.5) is 13.2 Å². The molecule has 0 fully saturated rings. The van der Waals surface area contributed by atoms with E-state index in [4.69, 9.17) is 0 Å². The van der Waals surface area contributed by atoms with Gasteiger partial charge in [0, 0.05) is 15.8 Å². The zero-order chi connectivity index (χ0) is 21.9. The van der Waals surface area contributed by atoms with E-state index >= 15 is 0 Å². The molecule has 3 rings (SSSR count). The molecule has 1 amide bonds. The lowest BCUT2D eigenvalue weighted by molar-refractivity contribution is -0.121. The van der Waals surface area contributed by atoms with Gasteiger partial charge in [-0.3, -0.25) is 4.79 Å². The van der Waals surface area contributed by atoms with E-state index in [1.807, 2.05) is 24.4 Å². The summed E-state index contributed by atoms with van der Waals surface area (Å²) in [6.07, 6.45) is -4.68. The molecule has 1 aromatic carbocycles. The topological polar surface area (TPSA) is 88.2 Å². The van der Waals surface area contributed by atoms with Crippen LogP contribution in [0.15, 0.2) is 46.7 Å². The van der Waals surface area contributed by atoms with Crippen molar-refractivity contribution in [2.24, 2.45) is 0 Å². The molecule has 0 radical (unpaired) electrons. The van der Waals surface area contributed by atoms with Crippen molar-refractivity contribution >= 4 is 38.6 Å². The predicted molar refractivity (Wildman–Crippen MR) is 109 cm³/mol. The smallest absolute Gasteiger partial charge is 0.347 e. The van der Waals surface area contributed by atoms with E-state index in [1.54, 1.807) is 11.3 Å². The van der Waals surface area contributed by atoms with Crippen molar-refractivity contribution < 1.29 is 26.4 Å². The van der Waals surface area contributed by atoms with Gasteiger partial charge in [-0.15, -0.1) is 22.7 Å². The maximum absolute atomic E-state index is 12.4. The molecule has 30 heavy (non-hydrogen) atoms. The molecule has 6 nitrogen and oxygen atoms in total. The second-order valence-corrected chi connectivity index (χ2v) is 10.2. The quantitative estimate of drug-likeness (QED) is 0.542. The lowest BCUT2D eigenvalue weighted by Gasteiger charge is -2.10.